The predicted molar refractivity (Wildman–Crippen MR) is 115 cm³/mol. The molecule has 2 heterocycles. The standard InChI is InChI=1S/C23H18ClFN4O2/c24-21-4-2-1-3-17(21)14-29-15-18(13-28-29)23(30)27-12-16-9-10-26-22(11-16)31-20-7-5-19(25)6-8-20/h1-11,13,15H,12,14H2,(H,27,30). The van der Waals surface area contributed by atoms with Crippen LogP contribution in [0.4, 0.5) is 4.39 Å². The van der Waals surface area contributed by atoms with Gasteiger partial charge in [0.15, 0.2) is 0 Å². The highest BCUT2D eigenvalue weighted by Gasteiger charge is 2.10. The Labute approximate surface area is 183 Å². The smallest absolute Gasteiger partial charge is 0.254 e. The van der Waals surface area contributed by atoms with Crippen LogP contribution in [-0.2, 0) is 13.1 Å². The summed E-state index contributed by atoms with van der Waals surface area (Å²) in [5.41, 5.74) is 2.18. The molecule has 2 aromatic carbocycles. The summed E-state index contributed by atoms with van der Waals surface area (Å²) >= 11 is 6.18. The molecule has 31 heavy (non-hydrogen) atoms. The number of halogens is 2. The molecule has 2 aromatic heterocycles. The highest BCUT2D eigenvalue weighted by Crippen LogP contribution is 2.20. The van der Waals surface area contributed by atoms with Gasteiger partial charge >= 0.3 is 0 Å². The van der Waals surface area contributed by atoms with Crippen LogP contribution in [-0.4, -0.2) is 20.7 Å². The normalized spacial score (nSPS) is 10.6. The molecule has 0 unspecified atom stereocenters. The molecule has 156 valence electrons. The number of nitrogens with one attached hydrogen (secondary N) is 1. The number of aromatic nitrogens is 3. The molecule has 8 heteroatoms. The minimum atomic E-state index is -0.341. The van der Waals surface area contributed by atoms with Gasteiger partial charge in [-0.1, -0.05) is 29.8 Å². The van der Waals surface area contributed by atoms with Gasteiger partial charge in [-0.3, -0.25) is 9.48 Å². The van der Waals surface area contributed by atoms with Crippen molar-refractivity contribution in [3.05, 3.63) is 107 Å². The van der Waals surface area contributed by atoms with E-state index in [1.54, 1.807) is 29.2 Å². The molecule has 4 aromatic rings. The van der Waals surface area contributed by atoms with Crippen LogP contribution in [0.5, 0.6) is 11.6 Å². The number of pyridine rings is 1. The average Bonchev–Trinajstić information content (AvgIpc) is 3.24. The van der Waals surface area contributed by atoms with Crippen LogP contribution in [0.3, 0.4) is 0 Å². The summed E-state index contributed by atoms with van der Waals surface area (Å²) in [5, 5.41) is 7.74. The van der Waals surface area contributed by atoms with E-state index in [0.29, 0.717) is 28.8 Å². The summed E-state index contributed by atoms with van der Waals surface area (Å²) in [6.07, 6.45) is 4.78. The van der Waals surface area contributed by atoms with Gasteiger partial charge in [-0.05, 0) is 47.5 Å². The molecule has 0 atom stereocenters. The molecule has 0 radical (unpaired) electrons. The number of carbonyl (C=O) groups is 1. The van der Waals surface area contributed by atoms with E-state index in [9.17, 15) is 9.18 Å². The largest absolute Gasteiger partial charge is 0.439 e. The number of rotatable bonds is 7. The first-order chi connectivity index (χ1) is 15.1. The quantitative estimate of drug-likeness (QED) is 0.450. The fraction of sp³-hybridized carbons (Fsp3) is 0.0870. The van der Waals surface area contributed by atoms with Crippen LogP contribution < -0.4 is 10.1 Å². The van der Waals surface area contributed by atoms with Gasteiger partial charge in [-0.15, -0.1) is 0 Å². The van der Waals surface area contributed by atoms with Crippen LogP contribution in [0.2, 0.25) is 5.02 Å². The summed E-state index contributed by atoms with van der Waals surface area (Å²) < 4.78 is 20.3. The van der Waals surface area contributed by atoms with Gasteiger partial charge in [-0.25, -0.2) is 9.37 Å². The van der Waals surface area contributed by atoms with E-state index < -0.39 is 0 Å². The summed E-state index contributed by atoms with van der Waals surface area (Å²) in [7, 11) is 0. The maximum atomic E-state index is 13.0. The summed E-state index contributed by atoms with van der Waals surface area (Å²) in [4.78, 5) is 16.6. The second-order valence-corrected chi connectivity index (χ2v) is 7.17. The zero-order chi connectivity index (χ0) is 21.6. The van der Waals surface area contributed by atoms with Crippen molar-refractivity contribution in [3.8, 4) is 11.6 Å². The minimum Gasteiger partial charge on any atom is -0.439 e. The molecule has 1 N–H and O–H groups in total. The Bertz CT molecular complexity index is 1190. The SMILES string of the molecule is O=C(NCc1ccnc(Oc2ccc(F)cc2)c1)c1cnn(Cc2ccccc2Cl)c1. The number of amides is 1. The fourth-order valence-electron chi connectivity index (χ4n) is 2.89. The van der Waals surface area contributed by atoms with Crippen LogP contribution in [0, 0.1) is 5.82 Å². The first-order valence-electron chi connectivity index (χ1n) is 9.49. The van der Waals surface area contributed by atoms with Crippen LogP contribution in [0.25, 0.3) is 0 Å². The Morgan fingerprint density at radius 1 is 1.13 bits per heavy atom. The van der Waals surface area contributed by atoms with Gasteiger partial charge in [-0.2, -0.15) is 5.10 Å². The number of carbonyl (C=O) groups excluding carboxylic acids is 1. The highest BCUT2D eigenvalue weighted by molar-refractivity contribution is 6.31. The number of hydrogen-bond acceptors (Lipinski definition) is 4. The lowest BCUT2D eigenvalue weighted by atomic mass is 10.2. The van der Waals surface area contributed by atoms with E-state index in [2.05, 4.69) is 15.4 Å². The van der Waals surface area contributed by atoms with Crippen molar-refractivity contribution in [1.82, 2.24) is 20.1 Å². The summed E-state index contributed by atoms with van der Waals surface area (Å²) in [5.74, 6) is 0.238. The molecule has 0 saturated heterocycles. The summed E-state index contributed by atoms with van der Waals surface area (Å²) in [6.45, 7) is 0.762. The van der Waals surface area contributed by atoms with Gasteiger partial charge in [0, 0.05) is 30.0 Å². The molecule has 0 spiro atoms. The van der Waals surface area contributed by atoms with Gasteiger partial charge in [0.05, 0.1) is 18.3 Å². The number of benzene rings is 2. The van der Waals surface area contributed by atoms with Crippen molar-refractivity contribution in [3.63, 3.8) is 0 Å². The van der Waals surface area contributed by atoms with E-state index in [1.807, 2.05) is 24.3 Å². The van der Waals surface area contributed by atoms with Crippen molar-refractivity contribution < 1.29 is 13.9 Å². The Kier molecular flexibility index (Phi) is 6.24. The molecule has 6 nitrogen and oxygen atoms in total. The monoisotopic (exact) mass is 436 g/mol. The topological polar surface area (TPSA) is 69.0 Å². The maximum Gasteiger partial charge on any atom is 0.254 e. The average molecular weight is 437 g/mol. The molecule has 0 saturated carbocycles. The molecule has 0 fully saturated rings. The second kappa shape index (κ2) is 9.40. The van der Waals surface area contributed by atoms with Crippen LogP contribution >= 0.6 is 11.6 Å². The Morgan fingerprint density at radius 3 is 2.74 bits per heavy atom. The minimum absolute atomic E-state index is 0.247. The lowest BCUT2D eigenvalue weighted by molar-refractivity contribution is 0.0950. The molecular weight excluding hydrogens is 419 g/mol. The lowest BCUT2D eigenvalue weighted by Gasteiger charge is -2.07. The molecule has 0 aliphatic heterocycles. The van der Waals surface area contributed by atoms with Crippen LogP contribution in [0.1, 0.15) is 21.5 Å². The molecule has 0 bridgehead atoms. The molecular formula is C23H18ClFN4O2. The molecule has 0 aliphatic carbocycles. The third-order valence-electron chi connectivity index (χ3n) is 4.47. The van der Waals surface area contributed by atoms with Gasteiger partial charge in [0.25, 0.3) is 5.91 Å². The maximum absolute atomic E-state index is 13.0. The van der Waals surface area contributed by atoms with Crippen molar-refractivity contribution in [2.75, 3.05) is 0 Å². The van der Waals surface area contributed by atoms with Crippen molar-refractivity contribution in [1.29, 1.82) is 0 Å². The highest BCUT2D eigenvalue weighted by atomic mass is 35.5. The first-order valence-corrected chi connectivity index (χ1v) is 9.87. The second-order valence-electron chi connectivity index (χ2n) is 6.76. The zero-order valence-electron chi connectivity index (χ0n) is 16.3. The lowest BCUT2D eigenvalue weighted by Crippen LogP contribution is -2.22. The molecule has 0 aliphatic rings. The zero-order valence-corrected chi connectivity index (χ0v) is 17.1. The molecule has 1 amide bonds. The summed E-state index contributed by atoms with van der Waals surface area (Å²) in [6, 6.07) is 16.6. The van der Waals surface area contributed by atoms with E-state index >= 15 is 0 Å². The third kappa shape index (κ3) is 5.46. The molecule has 4 rings (SSSR count). The van der Waals surface area contributed by atoms with E-state index in [0.717, 1.165) is 11.1 Å². The van der Waals surface area contributed by atoms with Crippen molar-refractivity contribution in [2.24, 2.45) is 0 Å². The number of nitrogens with zero attached hydrogens (tertiary/aromatic N) is 3. The van der Waals surface area contributed by atoms with Crippen LogP contribution in [0.15, 0.2) is 79.3 Å². The van der Waals surface area contributed by atoms with Gasteiger partial charge < -0.3 is 10.1 Å². The number of ether oxygens (including phenoxy) is 1. The van der Waals surface area contributed by atoms with Gasteiger partial charge in [0.1, 0.15) is 11.6 Å². The third-order valence-corrected chi connectivity index (χ3v) is 4.84. The number of hydrogen-bond donors (Lipinski definition) is 1. The van der Waals surface area contributed by atoms with Crippen molar-refractivity contribution in [2.45, 2.75) is 13.1 Å². The Morgan fingerprint density at radius 2 is 1.94 bits per heavy atom. The Hall–Kier alpha value is -3.71. The fourth-order valence-corrected chi connectivity index (χ4v) is 3.09. The van der Waals surface area contributed by atoms with E-state index in [1.165, 1.54) is 30.5 Å². The van der Waals surface area contributed by atoms with Crippen molar-refractivity contribution >= 4 is 17.5 Å². The first kappa shape index (κ1) is 20.6. The van der Waals surface area contributed by atoms with Gasteiger partial charge in [0.2, 0.25) is 5.88 Å². The van der Waals surface area contributed by atoms with E-state index in [4.69, 9.17) is 16.3 Å². The van der Waals surface area contributed by atoms with E-state index in [-0.39, 0.29) is 18.3 Å². The predicted octanol–water partition coefficient (Wildman–Crippen LogP) is 4.84. The Balaban J connectivity index is 1.35.